The van der Waals surface area contributed by atoms with E-state index < -0.39 is 9.84 Å². The van der Waals surface area contributed by atoms with Crippen LogP contribution < -0.4 is 10.2 Å². The molecule has 2 aromatic carbocycles. The van der Waals surface area contributed by atoms with Gasteiger partial charge in [0.15, 0.2) is 15.8 Å². The van der Waals surface area contributed by atoms with Gasteiger partial charge in [0.2, 0.25) is 0 Å². The van der Waals surface area contributed by atoms with Gasteiger partial charge in [-0.15, -0.1) is 0 Å². The molecule has 1 aliphatic rings. The summed E-state index contributed by atoms with van der Waals surface area (Å²) in [5.74, 6) is 1.07. The van der Waals surface area contributed by atoms with Crippen molar-refractivity contribution in [2.75, 3.05) is 50.4 Å². The molecule has 0 spiro atoms. The summed E-state index contributed by atoms with van der Waals surface area (Å²) in [7, 11) is -1.35. The molecule has 3 rings (SSSR count). The topological polar surface area (TPSA) is 65.0 Å². The first-order chi connectivity index (χ1) is 14.5. The highest BCUT2D eigenvalue weighted by Crippen LogP contribution is 2.20. The Labute approximate surface area is 184 Å². The number of nitrogens with one attached hydrogen (secondary N) is 1. The predicted molar refractivity (Wildman–Crippen MR) is 125 cm³/mol. The van der Waals surface area contributed by atoms with Crippen LogP contribution in [0.4, 0.5) is 5.69 Å². The van der Waals surface area contributed by atoms with E-state index in [0.29, 0.717) is 13.0 Å². The van der Waals surface area contributed by atoms with Crippen molar-refractivity contribution < 1.29 is 8.42 Å². The van der Waals surface area contributed by atoms with Gasteiger partial charge in [0, 0.05) is 50.5 Å². The maximum absolute atomic E-state index is 12.3. The molecule has 0 amide bonds. The summed E-state index contributed by atoms with van der Waals surface area (Å²) < 4.78 is 24.7. The van der Waals surface area contributed by atoms with E-state index in [9.17, 15) is 8.42 Å². The van der Waals surface area contributed by atoms with Crippen molar-refractivity contribution >= 4 is 33.1 Å². The van der Waals surface area contributed by atoms with Gasteiger partial charge in [0.1, 0.15) is 0 Å². The highest BCUT2D eigenvalue weighted by Gasteiger charge is 2.20. The Balaban J connectivity index is 1.42. The third kappa shape index (κ3) is 6.64. The number of benzene rings is 2. The second-order valence-corrected chi connectivity index (χ2v) is 9.98. The standard InChI is InChI=1S/C22H29ClN4O2S/c1-24-22(25-11-6-16-30(28,29)18-19-7-3-2-4-8-19)27-14-12-26(13-15-27)21-10-5-9-20(23)17-21/h2-5,7-10,17H,6,11-16,18H2,1H3,(H,24,25). The molecular formula is C22H29ClN4O2S. The van der Waals surface area contributed by atoms with Crippen LogP contribution in [0.25, 0.3) is 0 Å². The number of nitrogens with zero attached hydrogens (tertiary/aromatic N) is 3. The molecule has 1 saturated heterocycles. The SMILES string of the molecule is CN=C(NCCCS(=O)(=O)Cc1ccccc1)N1CCN(c2cccc(Cl)c2)CC1. The van der Waals surface area contributed by atoms with Crippen molar-refractivity contribution in [2.24, 2.45) is 4.99 Å². The van der Waals surface area contributed by atoms with Gasteiger partial charge in [-0.3, -0.25) is 4.99 Å². The lowest BCUT2D eigenvalue weighted by atomic mass is 10.2. The lowest BCUT2D eigenvalue weighted by Crippen LogP contribution is -2.52. The molecule has 1 fully saturated rings. The molecule has 0 unspecified atom stereocenters. The molecule has 1 aliphatic heterocycles. The molecule has 1 N–H and O–H groups in total. The number of halogens is 1. The first-order valence-corrected chi connectivity index (χ1v) is 12.4. The summed E-state index contributed by atoms with van der Waals surface area (Å²) in [4.78, 5) is 8.89. The molecule has 0 radical (unpaired) electrons. The molecule has 30 heavy (non-hydrogen) atoms. The number of sulfone groups is 1. The van der Waals surface area contributed by atoms with Crippen LogP contribution >= 0.6 is 11.6 Å². The molecule has 0 saturated carbocycles. The van der Waals surface area contributed by atoms with E-state index in [2.05, 4.69) is 26.2 Å². The van der Waals surface area contributed by atoms with Gasteiger partial charge in [-0.05, 0) is 30.2 Å². The van der Waals surface area contributed by atoms with Crippen molar-refractivity contribution in [3.05, 3.63) is 65.2 Å². The lowest BCUT2D eigenvalue weighted by Gasteiger charge is -2.37. The Kier molecular flexibility index (Phi) is 7.99. The molecule has 8 heteroatoms. The molecule has 0 aliphatic carbocycles. The fraction of sp³-hybridized carbons (Fsp3) is 0.409. The number of guanidine groups is 1. The highest BCUT2D eigenvalue weighted by atomic mass is 35.5. The van der Waals surface area contributed by atoms with E-state index in [0.717, 1.165) is 48.4 Å². The Morgan fingerprint density at radius 1 is 1.07 bits per heavy atom. The largest absolute Gasteiger partial charge is 0.368 e. The average molecular weight is 449 g/mol. The summed E-state index contributed by atoms with van der Waals surface area (Å²) in [5.41, 5.74) is 1.97. The van der Waals surface area contributed by atoms with Gasteiger partial charge < -0.3 is 15.1 Å². The predicted octanol–water partition coefficient (Wildman–Crippen LogP) is 3.04. The molecule has 0 atom stereocenters. The zero-order valence-corrected chi connectivity index (χ0v) is 18.9. The fourth-order valence-electron chi connectivity index (χ4n) is 3.57. The third-order valence-corrected chi connectivity index (χ3v) is 7.03. The number of rotatable bonds is 7. The molecule has 162 valence electrons. The smallest absolute Gasteiger partial charge is 0.193 e. The van der Waals surface area contributed by atoms with Crippen LogP contribution in [0.15, 0.2) is 59.6 Å². The van der Waals surface area contributed by atoms with Crippen LogP contribution in [0.5, 0.6) is 0 Å². The van der Waals surface area contributed by atoms with Crippen LogP contribution in [0.2, 0.25) is 5.02 Å². The van der Waals surface area contributed by atoms with E-state index >= 15 is 0 Å². The van der Waals surface area contributed by atoms with Crippen LogP contribution in [-0.2, 0) is 15.6 Å². The first kappa shape index (κ1) is 22.4. The molecule has 0 bridgehead atoms. The first-order valence-electron chi connectivity index (χ1n) is 10.2. The number of anilines is 1. The molecule has 1 heterocycles. The molecule has 0 aromatic heterocycles. The third-order valence-electron chi connectivity index (χ3n) is 5.11. The average Bonchev–Trinajstić information content (AvgIpc) is 2.74. The molecular weight excluding hydrogens is 420 g/mol. The second-order valence-electron chi connectivity index (χ2n) is 7.36. The van der Waals surface area contributed by atoms with E-state index in [-0.39, 0.29) is 11.5 Å². The quantitative estimate of drug-likeness (QED) is 0.400. The van der Waals surface area contributed by atoms with E-state index in [4.69, 9.17) is 11.6 Å². The van der Waals surface area contributed by atoms with Gasteiger partial charge in [-0.1, -0.05) is 48.0 Å². The van der Waals surface area contributed by atoms with Gasteiger partial charge >= 0.3 is 0 Å². The number of piperazine rings is 1. The Morgan fingerprint density at radius 3 is 2.47 bits per heavy atom. The monoisotopic (exact) mass is 448 g/mol. The Hall–Kier alpha value is -2.25. The van der Waals surface area contributed by atoms with Crippen molar-refractivity contribution in [2.45, 2.75) is 12.2 Å². The summed E-state index contributed by atoms with van der Waals surface area (Å²) >= 11 is 6.10. The van der Waals surface area contributed by atoms with Crippen molar-refractivity contribution in [1.82, 2.24) is 10.2 Å². The van der Waals surface area contributed by atoms with E-state index in [1.54, 1.807) is 7.05 Å². The second kappa shape index (κ2) is 10.7. The normalized spacial score (nSPS) is 15.3. The van der Waals surface area contributed by atoms with Gasteiger partial charge in [0.25, 0.3) is 0 Å². The summed E-state index contributed by atoms with van der Waals surface area (Å²) in [6.07, 6.45) is 0.552. The maximum atomic E-state index is 12.3. The van der Waals surface area contributed by atoms with Gasteiger partial charge in [-0.25, -0.2) is 8.42 Å². The minimum atomic E-state index is -3.12. The van der Waals surface area contributed by atoms with Crippen LogP contribution in [0.1, 0.15) is 12.0 Å². The van der Waals surface area contributed by atoms with Crippen LogP contribution in [0.3, 0.4) is 0 Å². The summed E-state index contributed by atoms with van der Waals surface area (Å²) in [6.45, 7) is 4.03. The van der Waals surface area contributed by atoms with Crippen molar-refractivity contribution in [3.63, 3.8) is 0 Å². The molecule has 2 aromatic rings. The van der Waals surface area contributed by atoms with Crippen molar-refractivity contribution in [1.29, 1.82) is 0 Å². The van der Waals surface area contributed by atoms with Crippen LogP contribution in [-0.4, -0.2) is 64.8 Å². The summed E-state index contributed by atoms with van der Waals surface area (Å²) in [5, 5.41) is 4.06. The van der Waals surface area contributed by atoms with Gasteiger partial charge in [-0.2, -0.15) is 0 Å². The number of hydrogen-bond acceptors (Lipinski definition) is 4. The highest BCUT2D eigenvalue weighted by molar-refractivity contribution is 7.90. The fourth-order valence-corrected chi connectivity index (χ4v) is 5.19. The van der Waals surface area contributed by atoms with Gasteiger partial charge in [0.05, 0.1) is 11.5 Å². The van der Waals surface area contributed by atoms with Crippen LogP contribution in [0, 0.1) is 0 Å². The zero-order valence-electron chi connectivity index (χ0n) is 17.3. The maximum Gasteiger partial charge on any atom is 0.193 e. The van der Waals surface area contributed by atoms with E-state index in [1.807, 2.05) is 48.5 Å². The zero-order chi connectivity index (χ0) is 21.4. The number of aliphatic imine (C=N–C) groups is 1. The van der Waals surface area contributed by atoms with E-state index in [1.165, 1.54) is 0 Å². The lowest BCUT2D eigenvalue weighted by molar-refractivity contribution is 0.373. The molecule has 6 nitrogen and oxygen atoms in total. The van der Waals surface area contributed by atoms with Crippen molar-refractivity contribution in [3.8, 4) is 0 Å². The Morgan fingerprint density at radius 2 is 1.80 bits per heavy atom. The summed E-state index contributed by atoms with van der Waals surface area (Å²) in [6, 6.07) is 17.2. The minimum Gasteiger partial charge on any atom is -0.368 e. The Bertz CT molecular complexity index is 943. The number of hydrogen-bond donors (Lipinski definition) is 1. The minimum absolute atomic E-state index is 0.0913.